The van der Waals surface area contributed by atoms with E-state index in [9.17, 15) is 0 Å². The summed E-state index contributed by atoms with van der Waals surface area (Å²) in [5.74, 6) is 0. The molecule has 1 unspecified atom stereocenters. The SMILES string of the molecule is CN(C1CC1)C1CCNCc2ccccc21. The van der Waals surface area contributed by atoms with Crippen LogP contribution in [0.15, 0.2) is 24.3 Å². The van der Waals surface area contributed by atoms with E-state index in [4.69, 9.17) is 0 Å². The van der Waals surface area contributed by atoms with Gasteiger partial charge >= 0.3 is 0 Å². The summed E-state index contributed by atoms with van der Waals surface area (Å²) < 4.78 is 0. The molecule has 2 nitrogen and oxygen atoms in total. The molecule has 1 atom stereocenters. The van der Waals surface area contributed by atoms with E-state index in [1.54, 1.807) is 5.56 Å². The van der Waals surface area contributed by atoms with Gasteiger partial charge in [0.25, 0.3) is 0 Å². The zero-order valence-corrected chi connectivity index (χ0v) is 9.95. The average Bonchev–Trinajstić information content (AvgIpc) is 3.15. The zero-order chi connectivity index (χ0) is 11.0. The quantitative estimate of drug-likeness (QED) is 0.816. The van der Waals surface area contributed by atoms with Crippen LogP contribution in [0.2, 0.25) is 0 Å². The lowest BCUT2D eigenvalue weighted by atomic mass is 9.98. The molecule has 1 aromatic carbocycles. The summed E-state index contributed by atoms with van der Waals surface area (Å²) in [6.45, 7) is 2.17. The molecule has 2 aliphatic rings. The molecule has 3 rings (SSSR count). The molecule has 1 fully saturated rings. The van der Waals surface area contributed by atoms with E-state index in [-0.39, 0.29) is 0 Å². The molecule has 1 saturated carbocycles. The first-order chi connectivity index (χ1) is 7.86. The van der Waals surface area contributed by atoms with Gasteiger partial charge in [-0.3, -0.25) is 4.90 Å². The van der Waals surface area contributed by atoms with Crippen LogP contribution in [0, 0.1) is 0 Å². The van der Waals surface area contributed by atoms with Gasteiger partial charge in [0.2, 0.25) is 0 Å². The Morgan fingerprint density at radius 2 is 2.00 bits per heavy atom. The van der Waals surface area contributed by atoms with Crippen molar-refractivity contribution in [3.05, 3.63) is 35.4 Å². The van der Waals surface area contributed by atoms with Gasteiger partial charge in [-0.1, -0.05) is 24.3 Å². The number of rotatable bonds is 2. The van der Waals surface area contributed by atoms with E-state index in [2.05, 4.69) is 41.5 Å². The fourth-order valence-electron chi connectivity index (χ4n) is 2.80. The molecular weight excluding hydrogens is 196 g/mol. The summed E-state index contributed by atoms with van der Waals surface area (Å²) in [7, 11) is 2.30. The number of hydrogen-bond acceptors (Lipinski definition) is 2. The van der Waals surface area contributed by atoms with Crippen LogP contribution in [-0.2, 0) is 6.54 Å². The van der Waals surface area contributed by atoms with Gasteiger partial charge in [-0.2, -0.15) is 0 Å². The predicted molar refractivity (Wildman–Crippen MR) is 66.3 cm³/mol. The molecular formula is C14H20N2. The fourth-order valence-corrected chi connectivity index (χ4v) is 2.80. The van der Waals surface area contributed by atoms with Crippen molar-refractivity contribution < 1.29 is 0 Å². The van der Waals surface area contributed by atoms with Crippen LogP contribution in [0.3, 0.4) is 0 Å². The van der Waals surface area contributed by atoms with Crippen molar-refractivity contribution in [1.82, 2.24) is 10.2 Å². The molecule has 1 aliphatic heterocycles. The highest BCUT2D eigenvalue weighted by atomic mass is 15.2. The Morgan fingerprint density at radius 1 is 1.19 bits per heavy atom. The second-order valence-corrected chi connectivity index (χ2v) is 5.08. The Labute approximate surface area is 97.6 Å². The highest BCUT2D eigenvalue weighted by Crippen LogP contribution is 2.36. The van der Waals surface area contributed by atoms with Crippen molar-refractivity contribution in [3.8, 4) is 0 Å². The van der Waals surface area contributed by atoms with Gasteiger partial charge < -0.3 is 5.32 Å². The average molecular weight is 216 g/mol. The summed E-state index contributed by atoms with van der Waals surface area (Å²) in [5, 5.41) is 3.52. The van der Waals surface area contributed by atoms with Gasteiger partial charge in [-0.15, -0.1) is 0 Å². The molecule has 16 heavy (non-hydrogen) atoms. The van der Waals surface area contributed by atoms with Gasteiger partial charge in [0.15, 0.2) is 0 Å². The monoisotopic (exact) mass is 216 g/mol. The minimum atomic E-state index is 0.624. The topological polar surface area (TPSA) is 15.3 Å². The van der Waals surface area contributed by atoms with Crippen LogP contribution in [-0.4, -0.2) is 24.5 Å². The second kappa shape index (κ2) is 4.19. The minimum Gasteiger partial charge on any atom is -0.313 e. The standard InChI is InChI=1S/C14H20N2/c1-16(12-6-7-12)14-8-9-15-10-11-4-2-3-5-13(11)14/h2-5,12,14-15H,6-10H2,1H3. The first-order valence-corrected chi connectivity index (χ1v) is 6.37. The Hall–Kier alpha value is -0.860. The van der Waals surface area contributed by atoms with E-state index in [0.29, 0.717) is 6.04 Å². The number of fused-ring (bicyclic) bond motifs is 1. The molecule has 0 amide bonds. The van der Waals surface area contributed by atoms with Crippen molar-refractivity contribution in [3.63, 3.8) is 0 Å². The van der Waals surface area contributed by atoms with E-state index in [1.165, 1.54) is 24.8 Å². The normalized spacial score (nSPS) is 25.2. The molecule has 0 aromatic heterocycles. The first kappa shape index (κ1) is 10.3. The molecule has 2 heteroatoms. The third-order valence-corrected chi connectivity index (χ3v) is 3.94. The van der Waals surface area contributed by atoms with Crippen LogP contribution in [0.25, 0.3) is 0 Å². The lowest BCUT2D eigenvalue weighted by molar-refractivity contribution is 0.225. The predicted octanol–water partition coefficient (Wildman–Crippen LogP) is 2.32. The largest absolute Gasteiger partial charge is 0.313 e. The Kier molecular flexibility index (Phi) is 2.70. The maximum absolute atomic E-state index is 3.52. The van der Waals surface area contributed by atoms with Gasteiger partial charge in [-0.25, -0.2) is 0 Å². The fraction of sp³-hybridized carbons (Fsp3) is 0.571. The highest BCUT2D eigenvalue weighted by molar-refractivity contribution is 5.31. The van der Waals surface area contributed by atoms with Crippen molar-refractivity contribution in [2.75, 3.05) is 13.6 Å². The Bertz CT molecular complexity index is 371. The Morgan fingerprint density at radius 3 is 2.81 bits per heavy atom. The molecule has 1 aliphatic carbocycles. The second-order valence-electron chi connectivity index (χ2n) is 5.08. The molecule has 0 spiro atoms. The molecule has 0 radical (unpaired) electrons. The van der Waals surface area contributed by atoms with E-state index in [1.807, 2.05) is 0 Å². The van der Waals surface area contributed by atoms with Gasteiger partial charge in [-0.05, 0) is 44.0 Å². The van der Waals surface area contributed by atoms with Crippen molar-refractivity contribution in [2.24, 2.45) is 0 Å². The molecule has 0 bridgehead atoms. The Balaban J connectivity index is 1.92. The summed E-state index contributed by atoms with van der Waals surface area (Å²) in [4.78, 5) is 2.59. The number of hydrogen-bond donors (Lipinski definition) is 1. The first-order valence-electron chi connectivity index (χ1n) is 6.37. The van der Waals surface area contributed by atoms with E-state index in [0.717, 1.165) is 19.1 Å². The lowest BCUT2D eigenvalue weighted by Crippen LogP contribution is -2.27. The molecule has 1 N–H and O–H groups in total. The van der Waals surface area contributed by atoms with Crippen LogP contribution in [0.1, 0.15) is 36.4 Å². The van der Waals surface area contributed by atoms with Gasteiger partial charge in [0.1, 0.15) is 0 Å². The molecule has 1 aromatic rings. The highest BCUT2D eigenvalue weighted by Gasteiger charge is 2.32. The third kappa shape index (κ3) is 1.87. The van der Waals surface area contributed by atoms with Crippen LogP contribution in [0.5, 0.6) is 0 Å². The van der Waals surface area contributed by atoms with Crippen LogP contribution >= 0.6 is 0 Å². The minimum absolute atomic E-state index is 0.624. The third-order valence-electron chi connectivity index (χ3n) is 3.94. The smallest absolute Gasteiger partial charge is 0.0363 e. The zero-order valence-electron chi connectivity index (χ0n) is 9.95. The van der Waals surface area contributed by atoms with Gasteiger partial charge in [0, 0.05) is 18.6 Å². The summed E-state index contributed by atoms with van der Waals surface area (Å²) in [6.07, 6.45) is 4.02. The van der Waals surface area contributed by atoms with Crippen molar-refractivity contribution >= 4 is 0 Å². The summed E-state index contributed by atoms with van der Waals surface area (Å²) in [6, 6.07) is 10.4. The summed E-state index contributed by atoms with van der Waals surface area (Å²) in [5.41, 5.74) is 3.03. The van der Waals surface area contributed by atoms with Crippen molar-refractivity contribution in [2.45, 2.75) is 37.9 Å². The maximum atomic E-state index is 3.52. The lowest BCUT2D eigenvalue weighted by Gasteiger charge is -2.28. The van der Waals surface area contributed by atoms with Gasteiger partial charge in [0.05, 0.1) is 0 Å². The van der Waals surface area contributed by atoms with Crippen LogP contribution in [0.4, 0.5) is 0 Å². The van der Waals surface area contributed by atoms with Crippen LogP contribution < -0.4 is 5.32 Å². The van der Waals surface area contributed by atoms with E-state index < -0.39 is 0 Å². The number of nitrogens with zero attached hydrogens (tertiary/aromatic N) is 1. The maximum Gasteiger partial charge on any atom is 0.0363 e. The molecule has 1 heterocycles. The van der Waals surface area contributed by atoms with Crippen molar-refractivity contribution in [1.29, 1.82) is 0 Å². The summed E-state index contributed by atoms with van der Waals surface area (Å²) >= 11 is 0. The number of benzene rings is 1. The van der Waals surface area contributed by atoms with E-state index >= 15 is 0 Å². The number of nitrogens with one attached hydrogen (secondary N) is 1. The molecule has 86 valence electrons. The molecule has 0 saturated heterocycles.